The average Bonchev–Trinajstić information content (AvgIpc) is 2.75. The topological polar surface area (TPSA) is 74.4 Å². The van der Waals surface area contributed by atoms with Crippen LogP contribution in [0.1, 0.15) is 17.2 Å². The summed E-state index contributed by atoms with van der Waals surface area (Å²) < 4.78 is 5.20. The van der Waals surface area contributed by atoms with Crippen LogP contribution >= 0.6 is 0 Å². The Hall–Kier alpha value is -2.01. The van der Waals surface area contributed by atoms with Gasteiger partial charge in [0.2, 0.25) is 0 Å². The van der Waals surface area contributed by atoms with Crippen molar-refractivity contribution in [3.63, 3.8) is 0 Å². The van der Waals surface area contributed by atoms with Crippen LogP contribution < -0.4 is 10.1 Å². The smallest absolute Gasteiger partial charge is 0.312 e. The van der Waals surface area contributed by atoms with E-state index >= 15 is 0 Å². The lowest BCUT2D eigenvalue weighted by Gasteiger charge is -2.20. The van der Waals surface area contributed by atoms with Gasteiger partial charge in [-0.2, -0.15) is 0 Å². The Kier molecular flexibility index (Phi) is 2.48. The summed E-state index contributed by atoms with van der Waals surface area (Å²) in [6, 6.07) is 5.69. The second-order valence-electron chi connectivity index (χ2n) is 4.45. The number of fused-ring (bicyclic) bond motifs is 3. The standard InChI is InChI=1S/C13H14N2O3/c1-18-7-2-3-10-8(4-7)12-9(13(16)17)5-14-6-11(12)15-10/h2-4,9,14-15H,5-6H2,1H3,(H,16,17). The van der Waals surface area contributed by atoms with Crippen molar-refractivity contribution in [2.45, 2.75) is 12.5 Å². The molecular formula is C13H14N2O3. The van der Waals surface area contributed by atoms with E-state index in [0.717, 1.165) is 27.9 Å². The summed E-state index contributed by atoms with van der Waals surface area (Å²) in [6.45, 7) is 1.14. The van der Waals surface area contributed by atoms with Gasteiger partial charge in [-0.25, -0.2) is 0 Å². The molecule has 0 spiro atoms. The quantitative estimate of drug-likeness (QED) is 0.749. The van der Waals surface area contributed by atoms with Gasteiger partial charge in [-0.3, -0.25) is 4.79 Å². The Bertz CT molecular complexity index is 618. The fraction of sp³-hybridized carbons (Fsp3) is 0.308. The Labute approximate surface area is 104 Å². The Balaban J connectivity index is 2.25. The molecule has 3 N–H and O–H groups in total. The van der Waals surface area contributed by atoms with Crippen LogP contribution in [-0.4, -0.2) is 29.7 Å². The highest BCUT2D eigenvalue weighted by molar-refractivity contribution is 5.92. The summed E-state index contributed by atoms with van der Waals surface area (Å²) in [5, 5.41) is 13.4. The first-order valence-electron chi connectivity index (χ1n) is 5.82. The SMILES string of the molecule is COc1ccc2[nH]c3c(c2c1)C(C(=O)O)CNC3. The molecule has 0 aliphatic carbocycles. The number of methoxy groups -OCH3 is 1. The van der Waals surface area contributed by atoms with Crippen molar-refractivity contribution < 1.29 is 14.6 Å². The van der Waals surface area contributed by atoms with Crippen LogP contribution in [0.4, 0.5) is 0 Å². The molecule has 1 atom stereocenters. The average molecular weight is 246 g/mol. The molecule has 2 aromatic rings. The molecule has 0 fully saturated rings. The molecule has 94 valence electrons. The molecule has 1 unspecified atom stereocenters. The molecule has 2 heterocycles. The minimum Gasteiger partial charge on any atom is -0.497 e. The summed E-state index contributed by atoms with van der Waals surface area (Å²) in [4.78, 5) is 14.6. The van der Waals surface area contributed by atoms with E-state index in [1.807, 2.05) is 18.2 Å². The molecule has 5 heteroatoms. The predicted octanol–water partition coefficient (Wildman–Crippen LogP) is 1.45. The molecule has 0 saturated carbocycles. The monoisotopic (exact) mass is 246 g/mol. The van der Waals surface area contributed by atoms with E-state index in [4.69, 9.17) is 4.74 Å². The Morgan fingerprint density at radius 2 is 2.33 bits per heavy atom. The van der Waals surface area contributed by atoms with Crippen LogP contribution in [0.15, 0.2) is 18.2 Å². The predicted molar refractivity (Wildman–Crippen MR) is 66.9 cm³/mol. The van der Waals surface area contributed by atoms with Crippen LogP contribution in [0.5, 0.6) is 5.75 Å². The second-order valence-corrected chi connectivity index (χ2v) is 4.45. The molecule has 3 rings (SSSR count). The summed E-state index contributed by atoms with van der Waals surface area (Å²) in [7, 11) is 1.61. The van der Waals surface area contributed by atoms with Crippen molar-refractivity contribution in [2.24, 2.45) is 0 Å². The number of hydrogen-bond donors (Lipinski definition) is 3. The third-order valence-corrected chi connectivity index (χ3v) is 3.42. The number of H-pyrrole nitrogens is 1. The third kappa shape index (κ3) is 1.55. The van der Waals surface area contributed by atoms with E-state index in [1.165, 1.54) is 0 Å². The van der Waals surface area contributed by atoms with Crippen molar-refractivity contribution in [3.8, 4) is 5.75 Å². The van der Waals surface area contributed by atoms with E-state index < -0.39 is 11.9 Å². The number of aromatic nitrogens is 1. The largest absolute Gasteiger partial charge is 0.497 e. The number of hydrogen-bond acceptors (Lipinski definition) is 3. The van der Waals surface area contributed by atoms with Gasteiger partial charge in [-0.05, 0) is 23.8 Å². The molecule has 0 amide bonds. The van der Waals surface area contributed by atoms with Crippen LogP contribution in [-0.2, 0) is 11.3 Å². The number of rotatable bonds is 2. The van der Waals surface area contributed by atoms with Gasteiger partial charge in [0.05, 0.1) is 13.0 Å². The molecule has 1 aliphatic heterocycles. The Morgan fingerprint density at radius 1 is 1.50 bits per heavy atom. The van der Waals surface area contributed by atoms with E-state index in [1.54, 1.807) is 7.11 Å². The van der Waals surface area contributed by atoms with Gasteiger partial charge >= 0.3 is 5.97 Å². The van der Waals surface area contributed by atoms with Crippen molar-refractivity contribution in [1.82, 2.24) is 10.3 Å². The maximum absolute atomic E-state index is 11.3. The summed E-state index contributed by atoms with van der Waals surface area (Å²) >= 11 is 0. The lowest BCUT2D eigenvalue weighted by Crippen LogP contribution is -2.32. The number of nitrogens with one attached hydrogen (secondary N) is 2. The molecule has 1 aromatic heterocycles. The fourth-order valence-electron chi connectivity index (χ4n) is 2.57. The number of aromatic amines is 1. The lowest BCUT2D eigenvalue weighted by atomic mass is 9.93. The number of ether oxygens (including phenoxy) is 1. The fourth-order valence-corrected chi connectivity index (χ4v) is 2.57. The van der Waals surface area contributed by atoms with Gasteiger partial charge in [0.15, 0.2) is 0 Å². The second kappa shape index (κ2) is 4.03. The zero-order chi connectivity index (χ0) is 12.7. The molecule has 0 radical (unpaired) electrons. The highest BCUT2D eigenvalue weighted by Crippen LogP contribution is 2.33. The van der Waals surface area contributed by atoms with Crippen molar-refractivity contribution in [1.29, 1.82) is 0 Å². The third-order valence-electron chi connectivity index (χ3n) is 3.42. The van der Waals surface area contributed by atoms with E-state index in [9.17, 15) is 9.90 Å². The normalized spacial score (nSPS) is 18.6. The van der Waals surface area contributed by atoms with Gasteiger partial charge < -0.3 is 20.1 Å². The number of benzene rings is 1. The van der Waals surface area contributed by atoms with E-state index in [-0.39, 0.29) is 0 Å². The molecule has 0 bridgehead atoms. The molecule has 1 aromatic carbocycles. The van der Waals surface area contributed by atoms with Gasteiger partial charge in [0.1, 0.15) is 5.75 Å². The van der Waals surface area contributed by atoms with Crippen LogP contribution in [0.2, 0.25) is 0 Å². The Morgan fingerprint density at radius 3 is 3.06 bits per heavy atom. The maximum atomic E-state index is 11.3. The molecule has 0 saturated heterocycles. The number of aliphatic carboxylic acids is 1. The minimum atomic E-state index is -0.799. The summed E-state index contributed by atoms with van der Waals surface area (Å²) in [5.41, 5.74) is 2.79. The number of carboxylic acid groups (broad SMARTS) is 1. The zero-order valence-corrected chi connectivity index (χ0v) is 9.99. The van der Waals surface area contributed by atoms with Crippen molar-refractivity contribution >= 4 is 16.9 Å². The molecular weight excluding hydrogens is 232 g/mol. The molecule has 1 aliphatic rings. The first kappa shape index (κ1) is 11.1. The zero-order valence-electron chi connectivity index (χ0n) is 9.99. The molecule has 18 heavy (non-hydrogen) atoms. The molecule has 5 nitrogen and oxygen atoms in total. The first-order valence-corrected chi connectivity index (χ1v) is 5.82. The van der Waals surface area contributed by atoms with Crippen LogP contribution in [0, 0.1) is 0 Å². The van der Waals surface area contributed by atoms with E-state index in [2.05, 4.69) is 10.3 Å². The van der Waals surface area contributed by atoms with Crippen molar-refractivity contribution in [2.75, 3.05) is 13.7 Å². The summed E-state index contributed by atoms with van der Waals surface area (Å²) in [6.07, 6.45) is 0. The van der Waals surface area contributed by atoms with Gasteiger partial charge in [-0.1, -0.05) is 0 Å². The first-order chi connectivity index (χ1) is 8.70. The highest BCUT2D eigenvalue weighted by Gasteiger charge is 2.29. The highest BCUT2D eigenvalue weighted by atomic mass is 16.5. The van der Waals surface area contributed by atoms with E-state index in [0.29, 0.717) is 13.1 Å². The lowest BCUT2D eigenvalue weighted by molar-refractivity contribution is -0.138. The van der Waals surface area contributed by atoms with Crippen LogP contribution in [0.25, 0.3) is 10.9 Å². The van der Waals surface area contributed by atoms with Gasteiger partial charge in [0, 0.05) is 29.7 Å². The van der Waals surface area contributed by atoms with Crippen molar-refractivity contribution in [3.05, 3.63) is 29.5 Å². The minimum absolute atomic E-state index is 0.465. The number of carboxylic acids is 1. The summed E-state index contributed by atoms with van der Waals surface area (Å²) in [5.74, 6) is -0.561. The van der Waals surface area contributed by atoms with Gasteiger partial charge in [0.25, 0.3) is 0 Å². The van der Waals surface area contributed by atoms with Crippen LogP contribution in [0.3, 0.4) is 0 Å². The maximum Gasteiger partial charge on any atom is 0.312 e. The number of carbonyl (C=O) groups is 1. The van der Waals surface area contributed by atoms with Gasteiger partial charge in [-0.15, -0.1) is 0 Å².